The van der Waals surface area contributed by atoms with Crippen molar-refractivity contribution >= 4 is 22.4 Å². The largest absolute Gasteiger partial charge is 0.375 e. The van der Waals surface area contributed by atoms with Crippen molar-refractivity contribution in [1.29, 1.82) is 0 Å². The van der Waals surface area contributed by atoms with Gasteiger partial charge in [-0.15, -0.1) is 11.3 Å². The second kappa shape index (κ2) is 4.62. The SMILES string of the molecule is CC1(C)CC(NC(=O)c2csc(N)n2)CCO1. The van der Waals surface area contributed by atoms with Gasteiger partial charge in [0.2, 0.25) is 0 Å². The van der Waals surface area contributed by atoms with Gasteiger partial charge in [0.25, 0.3) is 5.91 Å². The molecule has 1 saturated heterocycles. The summed E-state index contributed by atoms with van der Waals surface area (Å²) in [6.45, 7) is 4.75. The van der Waals surface area contributed by atoms with E-state index in [2.05, 4.69) is 10.3 Å². The Balaban J connectivity index is 1.95. The van der Waals surface area contributed by atoms with Crippen molar-refractivity contribution in [3.8, 4) is 0 Å². The highest BCUT2D eigenvalue weighted by atomic mass is 32.1. The third-order valence-electron chi connectivity index (χ3n) is 2.79. The second-order valence-corrected chi connectivity index (χ2v) is 5.73. The molecule has 1 atom stereocenters. The third kappa shape index (κ3) is 3.17. The topological polar surface area (TPSA) is 77.2 Å². The van der Waals surface area contributed by atoms with Crippen molar-refractivity contribution in [2.75, 3.05) is 12.3 Å². The first-order chi connectivity index (χ1) is 7.96. The standard InChI is InChI=1S/C11H17N3O2S/c1-11(2)5-7(3-4-16-11)13-9(15)8-6-17-10(12)14-8/h6-7H,3-5H2,1-2H3,(H2,12,14)(H,13,15). The zero-order chi connectivity index (χ0) is 12.5. The Morgan fingerprint density at radius 3 is 3.06 bits per heavy atom. The quantitative estimate of drug-likeness (QED) is 0.837. The third-order valence-corrected chi connectivity index (χ3v) is 3.46. The summed E-state index contributed by atoms with van der Waals surface area (Å²) in [6, 6.07) is 0.147. The number of ether oxygens (including phenoxy) is 1. The van der Waals surface area contributed by atoms with Crippen LogP contribution in [0.5, 0.6) is 0 Å². The number of anilines is 1. The number of nitrogens with one attached hydrogen (secondary N) is 1. The van der Waals surface area contributed by atoms with Crippen molar-refractivity contribution in [3.63, 3.8) is 0 Å². The molecule has 1 aromatic rings. The summed E-state index contributed by atoms with van der Waals surface area (Å²) in [6.07, 6.45) is 1.66. The van der Waals surface area contributed by atoms with E-state index in [9.17, 15) is 4.79 Å². The van der Waals surface area contributed by atoms with Gasteiger partial charge in [-0.3, -0.25) is 4.79 Å². The molecule has 1 aliphatic heterocycles. The van der Waals surface area contributed by atoms with Crippen LogP contribution in [0.2, 0.25) is 0 Å². The first-order valence-electron chi connectivity index (χ1n) is 5.62. The lowest BCUT2D eigenvalue weighted by molar-refractivity contribution is -0.0615. The Bertz CT molecular complexity index is 417. The number of nitrogens with zero attached hydrogens (tertiary/aromatic N) is 1. The molecule has 1 aliphatic rings. The number of hydrogen-bond acceptors (Lipinski definition) is 5. The van der Waals surface area contributed by atoms with E-state index >= 15 is 0 Å². The zero-order valence-electron chi connectivity index (χ0n) is 10.0. The van der Waals surface area contributed by atoms with Crippen LogP contribution in [0.3, 0.4) is 0 Å². The van der Waals surface area contributed by atoms with E-state index in [-0.39, 0.29) is 17.6 Å². The molecule has 17 heavy (non-hydrogen) atoms. The van der Waals surface area contributed by atoms with Crippen molar-refractivity contribution in [2.45, 2.75) is 38.3 Å². The van der Waals surface area contributed by atoms with E-state index in [1.54, 1.807) is 5.38 Å². The number of nitrogens with two attached hydrogens (primary N) is 1. The molecule has 2 rings (SSSR count). The summed E-state index contributed by atoms with van der Waals surface area (Å²) in [5, 5.41) is 5.07. The van der Waals surface area contributed by atoms with Gasteiger partial charge in [-0.2, -0.15) is 0 Å². The first kappa shape index (κ1) is 12.3. The number of aromatic nitrogens is 1. The van der Waals surface area contributed by atoms with Crippen molar-refractivity contribution < 1.29 is 9.53 Å². The van der Waals surface area contributed by atoms with Crippen LogP contribution in [0, 0.1) is 0 Å². The predicted molar refractivity (Wildman–Crippen MR) is 67.0 cm³/mol. The number of nitrogen functional groups attached to an aromatic ring is 1. The average molecular weight is 255 g/mol. The van der Waals surface area contributed by atoms with Gasteiger partial charge in [-0.25, -0.2) is 4.98 Å². The smallest absolute Gasteiger partial charge is 0.271 e. The summed E-state index contributed by atoms with van der Waals surface area (Å²) in [5.41, 5.74) is 5.73. The Labute approximate surface area is 104 Å². The number of amides is 1. The van der Waals surface area contributed by atoms with E-state index in [1.165, 1.54) is 11.3 Å². The monoisotopic (exact) mass is 255 g/mol. The van der Waals surface area contributed by atoms with Gasteiger partial charge in [-0.05, 0) is 26.7 Å². The van der Waals surface area contributed by atoms with E-state index in [4.69, 9.17) is 10.5 Å². The molecule has 1 aromatic heterocycles. The number of thiazole rings is 1. The molecule has 94 valence electrons. The fourth-order valence-corrected chi connectivity index (χ4v) is 2.55. The Morgan fingerprint density at radius 2 is 2.47 bits per heavy atom. The minimum absolute atomic E-state index is 0.147. The lowest BCUT2D eigenvalue weighted by atomic mass is 9.94. The molecular weight excluding hydrogens is 238 g/mol. The highest BCUT2D eigenvalue weighted by molar-refractivity contribution is 7.13. The molecule has 1 amide bonds. The van der Waals surface area contributed by atoms with Gasteiger partial charge >= 0.3 is 0 Å². The predicted octanol–water partition coefficient (Wildman–Crippen LogP) is 1.41. The van der Waals surface area contributed by atoms with Crippen molar-refractivity contribution in [3.05, 3.63) is 11.1 Å². The minimum Gasteiger partial charge on any atom is -0.375 e. The molecule has 0 radical (unpaired) electrons. The molecular formula is C11H17N3O2S. The molecule has 1 fully saturated rings. The molecule has 0 aliphatic carbocycles. The van der Waals surface area contributed by atoms with Crippen LogP contribution in [-0.4, -0.2) is 29.1 Å². The summed E-state index contributed by atoms with van der Waals surface area (Å²) in [5.74, 6) is -0.152. The fourth-order valence-electron chi connectivity index (χ4n) is 2.01. The zero-order valence-corrected chi connectivity index (χ0v) is 10.8. The van der Waals surface area contributed by atoms with E-state index < -0.39 is 0 Å². The summed E-state index contributed by atoms with van der Waals surface area (Å²) >= 11 is 1.28. The van der Waals surface area contributed by atoms with Gasteiger partial charge < -0.3 is 15.8 Å². The molecule has 6 heteroatoms. The van der Waals surface area contributed by atoms with E-state index in [0.29, 0.717) is 17.4 Å². The van der Waals surface area contributed by atoms with E-state index in [1.807, 2.05) is 13.8 Å². The molecule has 2 heterocycles. The molecule has 0 aromatic carbocycles. The maximum atomic E-state index is 11.9. The van der Waals surface area contributed by atoms with Gasteiger partial charge in [-0.1, -0.05) is 0 Å². The molecule has 0 bridgehead atoms. The van der Waals surface area contributed by atoms with Crippen LogP contribution in [-0.2, 0) is 4.74 Å². The molecule has 0 spiro atoms. The molecule has 1 unspecified atom stereocenters. The van der Waals surface area contributed by atoms with Crippen LogP contribution in [0.25, 0.3) is 0 Å². The Kier molecular flexibility index (Phi) is 3.35. The number of hydrogen-bond donors (Lipinski definition) is 2. The van der Waals surface area contributed by atoms with Crippen LogP contribution in [0.4, 0.5) is 5.13 Å². The van der Waals surface area contributed by atoms with Gasteiger partial charge in [0.15, 0.2) is 5.13 Å². The van der Waals surface area contributed by atoms with Crippen LogP contribution in [0.15, 0.2) is 5.38 Å². The number of rotatable bonds is 2. The summed E-state index contributed by atoms with van der Waals surface area (Å²) in [4.78, 5) is 15.8. The number of carbonyl (C=O) groups excluding carboxylic acids is 1. The summed E-state index contributed by atoms with van der Waals surface area (Å²) in [7, 11) is 0. The van der Waals surface area contributed by atoms with Gasteiger partial charge in [0, 0.05) is 18.0 Å². The van der Waals surface area contributed by atoms with Crippen LogP contribution in [0.1, 0.15) is 37.2 Å². The van der Waals surface area contributed by atoms with Gasteiger partial charge in [0.05, 0.1) is 5.60 Å². The molecule has 5 nitrogen and oxygen atoms in total. The highest BCUT2D eigenvalue weighted by Gasteiger charge is 2.30. The lowest BCUT2D eigenvalue weighted by Crippen LogP contribution is -2.45. The van der Waals surface area contributed by atoms with Crippen LogP contribution < -0.4 is 11.1 Å². The molecule has 0 saturated carbocycles. The maximum absolute atomic E-state index is 11.9. The fraction of sp³-hybridized carbons (Fsp3) is 0.636. The van der Waals surface area contributed by atoms with Gasteiger partial charge in [0.1, 0.15) is 5.69 Å². The van der Waals surface area contributed by atoms with Crippen molar-refractivity contribution in [1.82, 2.24) is 10.3 Å². The normalized spacial score (nSPS) is 23.3. The maximum Gasteiger partial charge on any atom is 0.271 e. The van der Waals surface area contributed by atoms with E-state index in [0.717, 1.165) is 12.8 Å². The lowest BCUT2D eigenvalue weighted by Gasteiger charge is -2.35. The number of carbonyl (C=O) groups is 1. The average Bonchev–Trinajstić information content (AvgIpc) is 2.63. The molecule has 3 N–H and O–H groups in total. The first-order valence-corrected chi connectivity index (χ1v) is 6.50. The highest BCUT2D eigenvalue weighted by Crippen LogP contribution is 2.24. The van der Waals surface area contributed by atoms with Crippen LogP contribution >= 0.6 is 11.3 Å². The van der Waals surface area contributed by atoms with Crippen molar-refractivity contribution in [2.24, 2.45) is 0 Å². The Hall–Kier alpha value is -1.14. The Morgan fingerprint density at radius 1 is 1.71 bits per heavy atom. The summed E-state index contributed by atoms with van der Waals surface area (Å²) < 4.78 is 5.60. The second-order valence-electron chi connectivity index (χ2n) is 4.84. The minimum atomic E-state index is -0.169.